The minimum absolute atomic E-state index is 0.105. The monoisotopic (exact) mass is 321 g/mol. The molecule has 2 aromatic carbocycles. The first-order chi connectivity index (χ1) is 11.3. The van der Waals surface area contributed by atoms with E-state index in [1.165, 1.54) is 22.5 Å². The van der Waals surface area contributed by atoms with E-state index in [0.717, 1.165) is 4.88 Å². The summed E-state index contributed by atoms with van der Waals surface area (Å²) in [5.74, 6) is 0.201. The number of carbonyl (C=O) groups excluding carboxylic acids is 1. The van der Waals surface area contributed by atoms with Crippen molar-refractivity contribution in [3.05, 3.63) is 94.2 Å². The molecule has 0 bridgehead atoms. The highest BCUT2D eigenvalue weighted by Crippen LogP contribution is 2.21. The molecule has 116 valence electrons. The Morgan fingerprint density at radius 1 is 0.870 bits per heavy atom. The van der Waals surface area contributed by atoms with Crippen molar-refractivity contribution in [2.24, 2.45) is 0 Å². The Hall–Kier alpha value is -2.23. The van der Waals surface area contributed by atoms with Crippen LogP contribution in [-0.2, 0) is 0 Å². The summed E-state index contributed by atoms with van der Waals surface area (Å²) in [5, 5.41) is 5.47. The van der Waals surface area contributed by atoms with Crippen LogP contribution in [0.15, 0.2) is 78.2 Å². The van der Waals surface area contributed by atoms with Gasteiger partial charge in [-0.1, -0.05) is 66.7 Å². The molecule has 0 unspecified atom stereocenters. The maximum Gasteiger partial charge on any atom is 0.174 e. The lowest BCUT2D eigenvalue weighted by Gasteiger charge is -2.19. The van der Waals surface area contributed by atoms with Crippen LogP contribution in [0.25, 0.3) is 0 Å². The molecule has 0 radical (unpaired) electrons. The molecule has 0 atom stereocenters. The quantitative estimate of drug-likeness (QED) is 0.639. The van der Waals surface area contributed by atoms with Gasteiger partial charge in [-0.05, 0) is 22.6 Å². The number of benzene rings is 2. The summed E-state index contributed by atoms with van der Waals surface area (Å²) in [4.78, 5) is 13.0. The fourth-order valence-electron chi connectivity index (χ4n) is 2.61. The predicted molar refractivity (Wildman–Crippen MR) is 96.0 cm³/mol. The van der Waals surface area contributed by atoms with Crippen molar-refractivity contribution in [1.82, 2.24) is 5.32 Å². The molecular weight excluding hydrogens is 302 g/mol. The van der Waals surface area contributed by atoms with E-state index in [0.29, 0.717) is 13.0 Å². The highest BCUT2D eigenvalue weighted by molar-refractivity contribution is 7.12. The average Bonchev–Trinajstić information content (AvgIpc) is 3.15. The largest absolute Gasteiger partial charge is 0.306 e. The standard InChI is InChI=1S/C20H19NOS/c22-18(19-12-7-15-23-19)13-14-21-20(16-8-3-1-4-9-16)17-10-5-2-6-11-17/h1-12,15,20-21H,13-14H2. The van der Waals surface area contributed by atoms with E-state index in [2.05, 4.69) is 29.6 Å². The smallest absolute Gasteiger partial charge is 0.174 e. The van der Waals surface area contributed by atoms with Gasteiger partial charge < -0.3 is 5.32 Å². The average molecular weight is 321 g/mol. The second-order valence-corrected chi connectivity index (χ2v) is 6.31. The Balaban J connectivity index is 1.69. The normalized spacial score (nSPS) is 10.8. The maximum atomic E-state index is 12.1. The molecule has 3 heteroatoms. The van der Waals surface area contributed by atoms with Crippen molar-refractivity contribution in [3.8, 4) is 0 Å². The van der Waals surface area contributed by atoms with E-state index in [1.807, 2.05) is 53.9 Å². The van der Waals surface area contributed by atoms with Crippen molar-refractivity contribution in [3.63, 3.8) is 0 Å². The maximum absolute atomic E-state index is 12.1. The summed E-state index contributed by atoms with van der Waals surface area (Å²) >= 11 is 1.51. The molecule has 0 saturated carbocycles. The Morgan fingerprint density at radius 2 is 1.48 bits per heavy atom. The van der Waals surface area contributed by atoms with Crippen LogP contribution in [0.3, 0.4) is 0 Å². The zero-order valence-corrected chi connectivity index (χ0v) is 13.6. The van der Waals surface area contributed by atoms with E-state index >= 15 is 0 Å². The van der Waals surface area contributed by atoms with Gasteiger partial charge in [0.2, 0.25) is 0 Å². The molecule has 23 heavy (non-hydrogen) atoms. The topological polar surface area (TPSA) is 29.1 Å². The molecule has 0 amide bonds. The van der Waals surface area contributed by atoms with Crippen LogP contribution in [0.1, 0.15) is 33.3 Å². The van der Waals surface area contributed by atoms with Gasteiger partial charge in [0.1, 0.15) is 0 Å². The van der Waals surface area contributed by atoms with Gasteiger partial charge in [-0.3, -0.25) is 4.79 Å². The fourth-order valence-corrected chi connectivity index (χ4v) is 3.30. The van der Waals surface area contributed by atoms with Crippen molar-refractivity contribution in [2.45, 2.75) is 12.5 Å². The highest BCUT2D eigenvalue weighted by Gasteiger charge is 2.14. The summed E-state index contributed by atoms with van der Waals surface area (Å²) in [6, 6.07) is 24.6. The number of nitrogens with one attached hydrogen (secondary N) is 1. The van der Waals surface area contributed by atoms with Gasteiger partial charge >= 0.3 is 0 Å². The van der Waals surface area contributed by atoms with Gasteiger partial charge in [-0.25, -0.2) is 0 Å². The van der Waals surface area contributed by atoms with E-state index < -0.39 is 0 Å². The van der Waals surface area contributed by atoms with Gasteiger partial charge in [0.15, 0.2) is 5.78 Å². The molecule has 0 saturated heterocycles. The van der Waals surface area contributed by atoms with E-state index in [-0.39, 0.29) is 11.8 Å². The van der Waals surface area contributed by atoms with Crippen LogP contribution >= 0.6 is 11.3 Å². The lowest BCUT2D eigenvalue weighted by Crippen LogP contribution is -2.25. The van der Waals surface area contributed by atoms with Crippen LogP contribution in [0.5, 0.6) is 0 Å². The SMILES string of the molecule is O=C(CCNC(c1ccccc1)c1ccccc1)c1cccs1. The van der Waals surface area contributed by atoms with Gasteiger partial charge in [-0.2, -0.15) is 0 Å². The number of carbonyl (C=O) groups is 1. The summed E-state index contributed by atoms with van der Waals surface area (Å²) in [7, 11) is 0. The first-order valence-corrected chi connectivity index (χ1v) is 8.62. The van der Waals surface area contributed by atoms with E-state index in [1.54, 1.807) is 0 Å². The zero-order valence-electron chi connectivity index (χ0n) is 12.8. The van der Waals surface area contributed by atoms with Crippen LogP contribution in [0, 0.1) is 0 Å². The number of thiophene rings is 1. The molecule has 0 aliphatic rings. The Morgan fingerprint density at radius 3 is 2.00 bits per heavy atom. The van der Waals surface area contributed by atoms with E-state index in [4.69, 9.17) is 0 Å². The number of ketones is 1. The lowest BCUT2D eigenvalue weighted by molar-refractivity contribution is 0.0986. The summed E-state index contributed by atoms with van der Waals surface area (Å²) in [5.41, 5.74) is 2.42. The van der Waals surface area contributed by atoms with Gasteiger partial charge in [0.05, 0.1) is 10.9 Å². The van der Waals surface area contributed by atoms with Crippen molar-refractivity contribution in [1.29, 1.82) is 0 Å². The Labute approximate surface area is 140 Å². The summed E-state index contributed by atoms with van der Waals surface area (Å²) < 4.78 is 0. The van der Waals surface area contributed by atoms with Crippen LogP contribution in [0.4, 0.5) is 0 Å². The minimum Gasteiger partial charge on any atom is -0.306 e. The second-order valence-electron chi connectivity index (χ2n) is 5.36. The molecule has 0 aliphatic heterocycles. The molecule has 3 rings (SSSR count). The third-order valence-electron chi connectivity index (χ3n) is 3.76. The number of rotatable bonds is 7. The van der Waals surface area contributed by atoms with Crippen molar-refractivity contribution >= 4 is 17.1 Å². The molecular formula is C20H19NOS. The molecule has 0 fully saturated rings. The predicted octanol–water partition coefficient (Wildman–Crippen LogP) is 4.70. The lowest BCUT2D eigenvalue weighted by atomic mass is 9.98. The first kappa shape index (κ1) is 15.7. The van der Waals surface area contributed by atoms with E-state index in [9.17, 15) is 4.79 Å². The molecule has 1 heterocycles. The molecule has 1 N–H and O–H groups in total. The summed E-state index contributed by atoms with van der Waals surface area (Å²) in [6.45, 7) is 0.658. The molecule has 0 spiro atoms. The number of hydrogen-bond acceptors (Lipinski definition) is 3. The zero-order chi connectivity index (χ0) is 15.9. The molecule has 2 nitrogen and oxygen atoms in total. The molecule has 1 aromatic heterocycles. The molecule has 3 aromatic rings. The highest BCUT2D eigenvalue weighted by atomic mass is 32.1. The third-order valence-corrected chi connectivity index (χ3v) is 4.67. The third kappa shape index (κ3) is 4.15. The van der Waals surface area contributed by atoms with Crippen molar-refractivity contribution < 1.29 is 4.79 Å². The Kier molecular flexibility index (Phi) is 5.35. The number of hydrogen-bond donors (Lipinski definition) is 1. The second kappa shape index (κ2) is 7.86. The van der Waals surface area contributed by atoms with Crippen LogP contribution < -0.4 is 5.32 Å². The van der Waals surface area contributed by atoms with Gasteiger partial charge in [0.25, 0.3) is 0 Å². The Bertz CT molecular complexity index is 683. The van der Waals surface area contributed by atoms with Crippen LogP contribution in [0.2, 0.25) is 0 Å². The van der Waals surface area contributed by atoms with Gasteiger partial charge in [-0.15, -0.1) is 11.3 Å². The molecule has 0 aliphatic carbocycles. The van der Waals surface area contributed by atoms with Gasteiger partial charge in [0, 0.05) is 13.0 Å². The number of Topliss-reactive ketones (excluding diaryl/α,β-unsaturated/α-hetero) is 1. The van der Waals surface area contributed by atoms with Crippen molar-refractivity contribution in [2.75, 3.05) is 6.54 Å². The fraction of sp³-hybridized carbons (Fsp3) is 0.150. The minimum atomic E-state index is 0.105. The van der Waals surface area contributed by atoms with Crippen LogP contribution in [-0.4, -0.2) is 12.3 Å². The first-order valence-electron chi connectivity index (χ1n) is 7.74. The summed E-state index contributed by atoms with van der Waals surface area (Å²) in [6.07, 6.45) is 0.511.